The van der Waals surface area contributed by atoms with Gasteiger partial charge in [0, 0.05) is 44.3 Å². The lowest BCUT2D eigenvalue weighted by atomic mass is 9.62. The molecule has 1 amide bonds. The SMILES string of the molecule is CCC[C@H](C)N1C[C@H]2CCC[C@@H](C1)[C@]2(OC)c1ccnc(C(N)=O)c1.Cl. The quantitative estimate of drug-likeness (QED) is 0.820. The second kappa shape index (κ2) is 8.68. The molecule has 146 valence electrons. The van der Waals surface area contributed by atoms with Gasteiger partial charge in [0.05, 0.1) is 0 Å². The Morgan fingerprint density at radius 3 is 2.62 bits per heavy atom. The summed E-state index contributed by atoms with van der Waals surface area (Å²) in [7, 11) is 1.82. The zero-order chi connectivity index (χ0) is 18.0. The Bertz CT molecular complexity index is 611. The van der Waals surface area contributed by atoms with Crippen molar-refractivity contribution < 1.29 is 9.53 Å². The second-order valence-corrected chi connectivity index (χ2v) is 7.71. The number of carbonyl (C=O) groups is 1. The highest BCUT2D eigenvalue weighted by Gasteiger charge is 2.53. The zero-order valence-electron chi connectivity index (χ0n) is 16.1. The van der Waals surface area contributed by atoms with Crippen LogP contribution in [0.15, 0.2) is 18.3 Å². The highest BCUT2D eigenvalue weighted by molar-refractivity contribution is 5.90. The van der Waals surface area contributed by atoms with Crippen LogP contribution in [0.4, 0.5) is 0 Å². The summed E-state index contributed by atoms with van der Waals surface area (Å²) in [6, 6.07) is 4.47. The van der Waals surface area contributed by atoms with E-state index in [1.165, 1.54) is 19.3 Å². The minimum atomic E-state index is -0.479. The standard InChI is InChI=1S/C20H31N3O2.ClH/c1-4-6-14(2)23-12-16-7-5-8-17(13-23)20(16,25-3)15-9-10-22-18(11-15)19(21)24;/h9-11,14,16-17H,4-8,12-13H2,1-3H3,(H2,21,24);1H/t14-,16-,17+,20+;/m0./s1. The minimum Gasteiger partial charge on any atom is -0.373 e. The molecule has 2 heterocycles. The summed E-state index contributed by atoms with van der Waals surface area (Å²) < 4.78 is 6.25. The molecule has 2 fully saturated rings. The van der Waals surface area contributed by atoms with Crippen molar-refractivity contribution in [1.82, 2.24) is 9.88 Å². The van der Waals surface area contributed by atoms with Crippen molar-refractivity contribution in [2.75, 3.05) is 20.2 Å². The maximum atomic E-state index is 11.6. The summed E-state index contributed by atoms with van der Waals surface area (Å²) >= 11 is 0. The van der Waals surface area contributed by atoms with Crippen LogP contribution in [0.1, 0.15) is 62.0 Å². The molecule has 0 radical (unpaired) electrons. The summed E-state index contributed by atoms with van der Waals surface area (Å²) in [6.45, 7) is 6.71. The van der Waals surface area contributed by atoms with Crippen LogP contribution >= 0.6 is 12.4 Å². The van der Waals surface area contributed by atoms with E-state index in [0.29, 0.717) is 23.6 Å². The summed E-state index contributed by atoms with van der Waals surface area (Å²) in [6.07, 6.45) is 7.72. The van der Waals surface area contributed by atoms with Crippen molar-refractivity contribution in [2.24, 2.45) is 17.6 Å². The zero-order valence-corrected chi connectivity index (χ0v) is 16.9. The van der Waals surface area contributed by atoms with Gasteiger partial charge in [-0.2, -0.15) is 0 Å². The van der Waals surface area contributed by atoms with Gasteiger partial charge in [0.25, 0.3) is 5.91 Å². The first-order chi connectivity index (χ1) is 12.0. The van der Waals surface area contributed by atoms with E-state index in [1.54, 1.807) is 6.20 Å². The maximum absolute atomic E-state index is 11.6. The van der Waals surface area contributed by atoms with Crippen LogP contribution in [0, 0.1) is 11.8 Å². The molecule has 1 saturated carbocycles. The Morgan fingerprint density at radius 2 is 2.08 bits per heavy atom. The molecule has 1 aromatic heterocycles. The lowest BCUT2D eigenvalue weighted by Crippen LogP contribution is -2.60. The Labute approximate surface area is 163 Å². The number of ether oxygens (including phenoxy) is 1. The Morgan fingerprint density at radius 1 is 1.42 bits per heavy atom. The second-order valence-electron chi connectivity index (χ2n) is 7.71. The number of methoxy groups -OCH3 is 1. The van der Waals surface area contributed by atoms with Crippen molar-refractivity contribution in [2.45, 2.75) is 57.6 Å². The molecule has 1 aliphatic heterocycles. The number of aromatic nitrogens is 1. The van der Waals surface area contributed by atoms with Crippen molar-refractivity contribution >= 4 is 18.3 Å². The fraction of sp³-hybridized carbons (Fsp3) is 0.700. The number of piperidine rings is 1. The third-order valence-electron chi connectivity index (χ3n) is 6.36. The van der Waals surface area contributed by atoms with Gasteiger partial charge < -0.3 is 10.5 Å². The number of hydrogen-bond donors (Lipinski definition) is 1. The van der Waals surface area contributed by atoms with E-state index in [-0.39, 0.29) is 18.0 Å². The van der Waals surface area contributed by atoms with E-state index in [1.807, 2.05) is 19.2 Å². The van der Waals surface area contributed by atoms with E-state index < -0.39 is 5.91 Å². The van der Waals surface area contributed by atoms with Crippen molar-refractivity contribution in [3.63, 3.8) is 0 Å². The molecule has 4 atom stereocenters. The van der Waals surface area contributed by atoms with Crippen molar-refractivity contribution in [1.29, 1.82) is 0 Å². The van der Waals surface area contributed by atoms with Crippen LogP contribution in [0.25, 0.3) is 0 Å². The number of halogens is 1. The number of fused-ring (bicyclic) bond motifs is 2. The fourth-order valence-electron chi connectivity index (χ4n) is 5.16. The van der Waals surface area contributed by atoms with Gasteiger partial charge in [0.1, 0.15) is 11.3 Å². The maximum Gasteiger partial charge on any atom is 0.267 e. The van der Waals surface area contributed by atoms with E-state index in [0.717, 1.165) is 31.5 Å². The van der Waals surface area contributed by atoms with Crippen LogP contribution in [0.3, 0.4) is 0 Å². The number of rotatable bonds is 6. The molecule has 2 N–H and O–H groups in total. The number of nitrogens with two attached hydrogens (primary N) is 1. The molecular weight excluding hydrogens is 350 g/mol. The van der Waals surface area contributed by atoms with Crippen LogP contribution in [-0.2, 0) is 10.3 Å². The topological polar surface area (TPSA) is 68.4 Å². The van der Waals surface area contributed by atoms with Gasteiger partial charge in [-0.05, 0) is 43.9 Å². The molecule has 1 saturated heterocycles. The van der Waals surface area contributed by atoms with E-state index >= 15 is 0 Å². The van der Waals surface area contributed by atoms with Gasteiger partial charge >= 0.3 is 0 Å². The largest absolute Gasteiger partial charge is 0.373 e. The predicted octanol–water partition coefficient (Wildman–Crippen LogP) is 3.36. The van der Waals surface area contributed by atoms with Gasteiger partial charge in [0.15, 0.2) is 0 Å². The van der Waals surface area contributed by atoms with E-state index in [9.17, 15) is 4.79 Å². The predicted molar refractivity (Wildman–Crippen MR) is 105 cm³/mol. The van der Waals surface area contributed by atoms with Crippen LogP contribution in [0.2, 0.25) is 0 Å². The molecule has 2 bridgehead atoms. The molecule has 0 spiro atoms. The van der Waals surface area contributed by atoms with E-state index in [4.69, 9.17) is 10.5 Å². The van der Waals surface area contributed by atoms with Gasteiger partial charge in [-0.15, -0.1) is 12.4 Å². The van der Waals surface area contributed by atoms with Gasteiger partial charge in [-0.3, -0.25) is 14.7 Å². The first kappa shape index (κ1) is 21.1. The van der Waals surface area contributed by atoms with Gasteiger partial charge in [-0.25, -0.2) is 0 Å². The molecule has 1 aliphatic carbocycles. The monoisotopic (exact) mass is 381 g/mol. The van der Waals surface area contributed by atoms with E-state index in [2.05, 4.69) is 23.7 Å². The third-order valence-corrected chi connectivity index (χ3v) is 6.36. The molecule has 3 rings (SSSR count). The Balaban J connectivity index is 0.00000243. The van der Waals surface area contributed by atoms with Crippen molar-refractivity contribution in [3.05, 3.63) is 29.6 Å². The molecule has 26 heavy (non-hydrogen) atoms. The third kappa shape index (κ3) is 3.62. The molecule has 5 nitrogen and oxygen atoms in total. The fourth-order valence-corrected chi connectivity index (χ4v) is 5.16. The van der Waals surface area contributed by atoms with Crippen molar-refractivity contribution in [3.8, 4) is 0 Å². The number of nitrogens with zero attached hydrogens (tertiary/aromatic N) is 2. The smallest absolute Gasteiger partial charge is 0.267 e. The highest BCUT2D eigenvalue weighted by Crippen LogP contribution is 2.51. The van der Waals surface area contributed by atoms with Crippen LogP contribution in [0.5, 0.6) is 0 Å². The summed E-state index contributed by atoms with van der Waals surface area (Å²) in [5.41, 5.74) is 6.53. The lowest BCUT2D eigenvalue weighted by molar-refractivity contribution is -0.173. The van der Waals surface area contributed by atoms with Crippen LogP contribution < -0.4 is 5.73 Å². The number of carbonyl (C=O) groups excluding carboxylic acids is 1. The molecule has 6 heteroatoms. The molecule has 1 aromatic rings. The number of hydrogen-bond acceptors (Lipinski definition) is 4. The first-order valence-electron chi connectivity index (χ1n) is 9.58. The molecule has 0 unspecified atom stereocenters. The van der Waals surface area contributed by atoms with Gasteiger partial charge in [-0.1, -0.05) is 19.8 Å². The minimum absolute atomic E-state index is 0. The number of amides is 1. The lowest BCUT2D eigenvalue weighted by Gasteiger charge is -2.56. The molecule has 2 aliphatic rings. The summed E-state index contributed by atoms with van der Waals surface area (Å²) in [4.78, 5) is 18.4. The number of primary amides is 1. The normalized spacial score (nSPS) is 29.7. The van der Waals surface area contributed by atoms with Crippen LogP contribution in [-0.4, -0.2) is 42.0 Å². The summed E-state index contributed by atoms with van der Waals surface area (Å²) in [5.74, 6) is 0.395. The Kier molecular flexibility index (Phi) is 7.05. The molecule has 0 aromatic carbocycles. The number of likely N-dealkylation sites (tertiary alicyclic amines) is 1. The summed E-state index contributed by atoms with van der Waals surface area (Å²) in [5, 5.41) is 0. The number of pyridine rings is 1. The Hall–Kier alpha value is -1.17. The van der Waals surface area contributed by atoms with Gasteiger partial charge in [0.2, 0.25) is 0 Å². The molecular formula is C20H32ClN3O2. The average molecular weight is 382 g/mol. The highest BCUT2D eigenvalue weighted by atomic mass is 35.5. The first-order valence-corrected chi connectivity index (χ1v) is 9.58. The average Bonchev–Trinajstić information content (AvgIpc) is 2.60.